The SMILES string of the molecule is Cc1oc(-c2cnn(C)c2)nc1C(=O)NCC1CN(CC(C)C)CCO1. The van der Waals surface area contributed by atoms with E-state index >= 15 is 0 Å². The van der Waals surface area contributed by atoms with Gasteiger partial charge in [0.2, 0.25) is 5.89 Å². The Morgan fingerprint density at radius 3 is 2.96 bits per heavy atom. The second-order valence-electron chi connectivity index (χ2n) is 7.18. The van der Waals surface area contributed by atoms with Gasteiger partial charge in [-0.2, -0.15) is 5.10 Å². The highest BCUT2D eigenvalue weighted by Crippen LogP contribution is 2.21. The average Bonchev–Trinajstić information content (AvgIpc) is 3.18. The van der Waals surface area contributed by atoms with E-state index in [1.165, 1.54) is 0 Å². The summed E-state index contributed by atoms with van der Waals surface area (Å²) in [5, 5.41) is 7.02. The molecule has 0 bridgehead atoms. The number of oxazole rings is 1. The Kier molecular flexibility index (Phi) is 5.73. The average molecular weight is 361 g/mol. The van der Waals surface area contributed by atoms with Crippen molar-refractivity contribution in [1.82, 2.24) is 25.0 Å². The monoisotopic (exact) mass is 361 g/mol. The molecule has 8 nitrogen and oxygen atoms in total. The van der Waals surface area contributed by atoms with Crippen LogP contribution in [-0.2, 0) is 11.8 Å². The van der Waals surface area contributed by atoms with Gasteiger partial charge in [-0.1, -0.05) is 13.8 Å². The number of nitrogens with zero attached hydrogens (tertiary/aromatic N) is 4. The second kappa shape index (κ2) is 8.01. The van der Waals surface area contributed by atoms with Crippen LogP contribution in [0.2, 0.25) is 0 Å². The van der Waals surface area contributed by atoms with E-state index in [-0.39, 0.29) is 12.0 Å². The maximum absolute atomic E-state index is 12.5. The van der Waals surface area contributed by atoms with Crippen LogP contribution in [0.4, 0.5) is 0 Å². The zero-order valence-electron chi connectivity index (χ0n) is 15.9. The molecule has 3 rings (SSSR count). The van der Waals surface area contributed by atoms with Gasteiger partial charge in [-0.3, -0.25) is 14.4 Å². The Hall–Kier alpha value is -2.19. The fraction of sp³-hybridized carbons (Fsp3) is 0.611. The molecule has 1 atom stereocenters. The highest BCUT2D eigenvalue weighted by atomic mass is 16.5. The smallest absolute Gasteiger partial charge is 0.273 e. The van der Waals surface area contributed by atoms with E-state index in [0.29, 0.717) is 36.4 Å². The van der Waals surface area contributed by atoms with Crippen molar-refractivity contribution >= 4 is 5.91 Å². The van der Waals surface area contributed by atoms with Gasteiger partial charge in [0.15, 0.2) is 5.69 Å². The number of nitrogens with one attached hydrogen (secondary N) is 1. The lowest BCUT2D eigenvalue weighted by Crippen LogP contribution is -2.48. The first-order valence-corrected chi connectivity index (χ1v) is 9.01. The van der Waals surface area contributed by atoms with Gasteiger partial charge >= 0.3 is 0 Å². The first kappa shape index (κ1) is 18.6. The molecule has 1 amide bonds. The van der Waals surface area contributed by atoms with Gasteiger partial charge in [-0.15, -0.1) is 0 Å². The normalized spacial score (nSPS) is 18.4. The molecule has 1 aliphatic rings. The van der Waals surface area contributed by atoms with E-state index in [9.17, 15) is 4.79 Å². The van der Waals surface area contributed by atoms with Crippen LogP contribution in [0.3, 0.4) is 0 Å². The number of aromatic nitrogens is 3. The molecule has 0 radical (unpaired) electrons. The quantitative estimate of drug-likeness (QED) is 0.839. The van der Waals surface area contributed by atoms with Crippen molar-refractivity contribution < 1.29 is 13.9 Å². The molecular weight excluding hydrogens is 334 g/mol. The van der Waals surface area contributed by atoms with Crippen LogP contribution in [0.5, 0.6) is 0 Å². The molecule has 1 saturated heterocycles. The van der Waals surface area contributed by atoms with E-state index in [1.54, 1.807) is 24.0 Å². The topological polar surface area (TPSA) is 85.4 Å². The molecule has 0 spiro atoms. The van der Waals surface area contributed by atoms with Gasteiger partial charge in [0.05, 0.1) is 24.5 Å². The van der Waals surface area contributed by atoms with Gasteiger partial charge < -0.3 is 14.5 Å². The molecule has 8 heteroatoms. The predicted molar refractivity (Wildman–Crippen MR) is 96.8 cm³/mol. The van der Waals surface area contributed by atoms with E-state index in [4.69, 9.17) is 9.15 Å². The second-order valence-corrected chi connectivity index (χ2v) is 7.18. The van der Waals surface area contributed by atoms with Gasteiger partial charge in [0.25, 0.3) is 5.91 Å². The van der Waals surface area contributed by atoms with Crippen molar-refractivity contribution in [2.45, 2.75) is 26.9 Å². The van der Waals surface area contributed by atoms with Crippen molar-refractivity contribution in [2.24, 2.45) is 13.0 Å². The zero-order chi connectivity index (χ0) is 18.7. The van der Waals surface area contributed by atoms with Crippen LogP contribution >= 0.6 is 0 Å². The number of hydrogen-bond acceptors (Lipinski definition) is 6. The molecule has 0 aliphatic carbocycles. The van der Waals surface area contributed by atoms with Crippen LogP contribution in [0, 0.1) is 12.8 Å². The number of ether oxygens (including phenoxy) is 1. The van der Waals surface area contributed by atoms with Gasteiger partial charge in [0, 0.05) is 39.4 Å². The van der Waals surface area contributed by atoms with Crippen LogP contribution in [-0.4, -0.2) is 64.5 Å². The molecule has 1 N–H and O–H groups in total. The summed E-state index contributed by atoms with van der Waals surface area (Å²) in [4.78, 5) is 19.2. The summed E-state index contributed by atoms with van der Waals surface area (Å²) in [7, 11) is 1.82. The molecule has 26 heavy (non-hydrogen) atoms. The number of hydrogen-bond donors (Lipinski definition) is 1. The summed E-state index contributed by atoms with van der Waals surface area (Å²) >= 11 is 0. The molecule has 0 aromatic carbocycles. The first-order chi connectivity index (χ1) is 12.4. The number of carbonyl (C=O) groups excluding carboxylic acids is 1. The lowest BCUT2D eigenvalue weighted by Gasteiger charge is -2.33. The lowest BCUT2D eigenvalue weighted by atomic mass is 10.2. The Balaban J connectivity index is 1.57. The Morgan fingerprint density at radius 2 is 2.27 bits per heavy atom. The van der Waals surface area contributed by atoms with Gasteiger partial charge in [-0.05, 0) is 12.8 Å². The molecule has 2 aromatic rings. The van der Waals surface area contributed by atoms with E-state index in [1.807, 2.05) is 7.05 Å². The van der Waals surface area contributed by atoms with Crippen LogP contribution < -0.4 is 5.32 Å². The minimum absolute atomic E-state index is 0.00329. The Bertz CT molecular complexity index is 752. The molecule has 0 saturated carbocycles. The van der Waals surface area contributed by atoms with Crippen LogP contribution in [0.25, 0.3) is 11.5 Å². The molecular formula is C18H27N5O3. The van der Waals surface area contributed by atoms with Crippen molar-refractivity contribution in [3.8, 4) is 11.5 Å². The third-order valence-corrected chi connectivity index (χ3v) is 4.30. The third-order valence-electron chi connectivity index (χ3n) is 4.30. The van der Waals surface area contributed by atoms with Gasteiger partial charge in [-0.25, -0.2) is 4.98 Å². The maximum atomic E-state index is 12.5. The maximum Gasteiger partial charge on any atom is 0.273 e. The van der Waals surface area contributed by atoms with Crippen molar-refractivity contribution in [1.29, 1.82) is 0 Å². The van der Waals surface area contributed by atoms with E-state index in [2.05, 4.69) is 34.1 Å². The minimum atomic E-state index is -0.244. The summed E-state index contributed by atoms with van der Waals surface area (Å²) in [6.45, 7) is 10.1. The lowest BCUT2D eigenvalue weighted by molar-refractivity contribution is -0.0295. The minimum Gasteiger partial charge on any atom is -0.440 e. The summed E-state index contributed by atoms with van der Waals surface area (Å²) in [5.41, 5.74) is 1.05. The number of aryl methyl sites for hydroxylation is 2. The van der Waals surface area contributed by atoms with Crippen molar-refractivity contribution in [2.75, 3.05) is 32.8 Å². The number of morpholine rings is 1. The number of amides is 1. The summed E-state index contributed by atoms with van der Waals surface area (Å²) in [6, 6.07) is 0. The van der Waals surface area contributed by atoms with Gasteiger partial charge in [0.1, 0.15) is 5.76 Å². The molecule has 2 aromatic heterocycles. The molecule has 1 unspecified atom stereocenters. The van der Waals surface area contributed by atoms with E-state index in [0.717, 1.165) is 25.2 Å². The largest absolute Gasteiger partial charge is 0.440 e. The highest BCUT2D eigenvalue weighted by Gasteiger charge is 2.23. The summed E-state index contributed by atoms with van der Waals surface area (Å²) in [6.07, 6.45) is 3.45. The predicted octanol–water partition coefficient (Wildman–Crippen LogP) is 1.47. The summed E-state index contributed by atoms with van der Waals surface area (Å²) in [5.74, 6) is 1.27. The number of carbonyl (C=O) groups is 1. The zero-order valence-corrected chi connectivity index (χ0v) is 15.9. The number of rotatable bonds is 6. The molecule has 1 aliphatic heterocycles. The van der Waals surface area contributed by atoms with Crippen LogP contribution in [0.1, 0.15) is 30.1 Å². The molecule has 1 fully saturated rings. The van der Waals surface area contributed by atoms with E-state index < -0.39 is 0 Å². The molecule has 3 heterocycles. The first-order valence-electron chi connectivity index (χ1n) is 9.01. The van der Waals surface area contributed by atoms with Crippen LogP contribution in [0.15, 0.2) is 16.8 Å². The van der Waals surface area contributed by atoms with Crippen molar-refractivity contribution in [3.05, 3.63) is 23.8 Å². The molecule has 142 valence electrons. The highest BCUT2D eigenvalue weighted by molar-refractivity contribution is 5.93. The van der Waals surface area contributed by atoms with Crippen molar-refractivity contribution in [3.63, 3.8) is 0 Å². The standard InChI is InChI=1S/C18H27N5O3/c1-12(2)9-23-5-6-25-15(11-23)8-19-17(24)16-13(3)26-18(21-16)14-7-20-22(4)10-14/h7,10,12,15H,5-6,8-9,11H2,1-4H3,(H,19,24). The fourth-order valence-corrected chi connectivity index (χ4v) is 3.14. The fourth-order valence-electron chi connectivity index (χ4n) is 3.14. The Morgan fingerprint density at radius 1 is 1.46 bits per heavy atom. The third kappa shape index (κ3) is 4.50. The summed E-state index contributed by atoms with van der Waals surface area (Å²) < 4.78 is 13.1. The Labute approximate surface area is 153 Å².